The number of aromatic nitrogens is 1. The molecule has 0 bridgehead atoms. The molecule has 1 aromatic heterocycles. The molecular formula is C17H18N2O4S. The molecule has 126 valence electrons. The number of ether oxygens (including phenoxy) is 1. The minimum Gasteiger partial charge on any atom is -0.496 e. The Kier molecular flexibility index (Phi) is 4.28. The van der Waals surface area contributed by atoms with Gasteiger partial charge in [-0.3, -0.25) is 9.59 Å². The molecule has 1 atom stereocenters. The van der Waals surface area contributed by atoms with E-state index in [1.807, 2.05) is 24.3 Å². The van der Waals surface area contributed by atoms with Crippen LogP contribution in [0.2, 0.25) is 0 Å². The normalized spacial score (nSPS) is 20.2. The third-order valence-electron chi connectivity index (χ3n) is 4.34. The van der Waals surface area contributed by atoms with E-state index in [1.165, 1.54) is 11.3 Å². The number of hydrogen-bond acceptors (Lipinski definition) is 5. The van der Waals surface area contributed by atoms with E-state index >= 15 is 0 Å². The van der Waals surface area contributed by atoms with Gasteiger partial charge in [0, 0.05) is 18.5 Å². The summed E-state index contributed by atoms with van der Waals surface area (Å²) < 4.78 is 5.33. The molecular weight excluding hydrogens is 328 g/mol. The van der Waals surface area contributed by atoms with E-state index in [9.17, 15) is 14.7 Å². The van der Waals surface area contributed by atoms with Gasteiger partial charge in [-0.25, -0.2) is 4.98 Å². The monoisotopic (exact) mass is 346 g/mol. The maximum Gasteiger partial charge on any atom is 0.311 e. The zero-order valence-corrected chi connectivity index (χ0v) is 14.3. The van der Waals surface area contributed by atoms with Crippen LogP contribution in [-0.4, -0.2) is 47.1 Å². The Labute approximate surface area is 143 Å². The van der Waals surface area contributed by atoms with Crippen LogP contribution < -0.4 is 4.74 Å². The first-order valence-corrected chi connectivity index (χ1v) is 8.44. The SMILES string of the molecule is COc1ccccc1-c1nc(C(=O)N2CC[C@](C)(C(=O)O)C2)cs1. The van der Waals surface area contributed by atoms with Crippen molar-refractivity contribution in [1.82, 2.24) is 9.88 Å². The van der Waals surface area contributed by atoms with Crippen molar-refractivity contribution in [3.8, 4) is 16.3 Å². The lowest BCUT2D eigenvalue weighted by atomic mass is 9.90. The van der Waals surface area contributed by atoms with Crippen LogP contribution in [0, 0.1) is 5.41 Å². The number of carbonyl (C=O) groups excluding carboxylic acids is 1. The molecule has 1 aliphatic rings. The van der Waals surface area contributed by atoms with Crippen LogP contribution in [0.15, 0.2) is 29.6 Å². The van der Waals surface area contributed by atoms with Crippen LogP contribution in [0.25, 0.3) is 10.6 Å². The maximum absolute atomic E-state index is 12.6. The highest BCUT2D eigenvalue weighted by molar-refractivity contribution is 7.13. The Morgan fingerprint density at radius 1 is 1.38 bits per heavy atom. The van der Waals surface area contributed by atoms with E-state index in [-0.39, 0.29) is 12.5 Å². The number of hydrogen-bond donors (Lipinski definition) is 1. The second-order valence-electron chi connectivity index (χ2n) is 6.08. The van der Waals surface area contributed by atoms with Crippen LogP contribution in [0.1, 0.15) is 23.8 Å². The Morgan fingerprint density at radius 2 is 2.12 bits per heavy atom. The van der Waals surface area contributed by atoms with E-state index in [0.29, 0.717) is 29.4 Å². The minimum absolute atomic E-state index is 0.211. The number of likely N-dealkylation sites (tertiary alicyclic amines) is 1. The number of carboxylic acid groups (broad SMARTS) is 1. The number of carbonyl (C=O) groups is 2. The molecule has 1 aromatic carbocycles. The molecule has 7 heteroatoms. The third-order valence-corrected chi connectivity index (χ3v) is 5.21. The average Bonchev–Trinajstić information content (AvgIpc) is 3.22. The summed E-state index contributed by atoms with van der Waals surface area (Å²) in [6, 6.07) is 7.50. The summed E-state index contributed by atoms with van der Waals surface area (Å²) >= 11 is 1.37. The molecule has 0 spiro atoms. The van der Waals surface area contributed by atoms with Crippen molar-refractivity contribution in [3.05, 3.63) is 35.3 Å². The van der Waals surface area contributed by atoms with E-state index < -0.39 is 11.4 Å². The van der Waals surface area contributed by atoms with Crippen molar-refractivity contribution >= 4 is 23.2 Å². The van der Waals surface area contributed by atoms with Crippen LogP contribution in [0.4, 0.5) is 0 Å². The van der Waals surface area contributed by atoms with Gasteiger partial charge in [-0.1, -0.05) is 12.1 Å². The zero-order chi connectivity index (χ0) is 17.3. The van der Waals surface area contributed by atoms with Crippen molar-refractivity contribution in [1.29, 1.82) is 0 Å². The Morgan fingerprint density at radius 3 is 2.79 bits per heavy atom. The molecule has 1 amide bonds. The summed E-state index contributed by atoms with van der Waals surface area (Å²) in [7, 11) is 1.59. The average molecular weight is 346 g/mol. The van der Waals surface area contributed by atoms with Crippen molar-refractivity contribution in [2.45, 2.75) is 13.3 Å². The van der Waals surface area contributed by atoms with Gasteiger partial charge in [-0.2, -0.15) is 0 Å². The Hall–Kier alpha value is -2.41. The fraction of sp³-hybridized carbons (Fsp3) is 0.353. The highest BCUT2D eigenvalue weighted by Gasteiger charge is 2.42. The lowest BCUT2D eigenvalue weighted by Gasteiger charge is -2.19. The van der Waals surface area contributed by atoms with E-state index in [1.54, 1.807) is 24.3 Å². The van der Waals surface area contributed by atoms with Crippen LogP contribution in [0.5, 0.6) is 5.75 Å². The highest BCUT2D eigenvalue weighted by atomic mass is 32.1. The number of amides is 1. The number of aliphatic carboxylic acids is 1. The number of rotatable bonds is 4. The molecule has 0 unspecified atom stereocenters. The molecule has 1 fully saturated rings. The van der Waals surface area contributed by atoms with Gasteiger partial charge >= 0.3 is 5.97 Å². The van der Waals surface area contributed by atoms with Gasteiger partial charge in [0.25, 0.3) is 5.91 Å². The Bertz CT molecular complexity index is 788. The van der Waals surface area contributed by atoms with Crippen LogP contribution >= 0.6 is 11.3 Å². The lowest BCUT2D eigenvalue weighted by molar-refractivity contribution is -0.147. The van der Waals surface area contributed by atoms with E-state index in [4.69, 9.17) is 4.74 Å². The summed E-state index contributed by atoms with van der Waals surface area (Å²) in [5.41, 5.74) is 0.299. The first kappa shape index (κ1) is 16.4. The predicted octanol–water partition coefficient (Wildman–Crippen LogP) is 2.76. The van der Waals surface area contributed by atoms with Gasteiger partial charge in [0.2, 0.25) is 0 Å². The number of benzene rings is 1. The smallest absolute Gasteiger partial charge is 0.311 e. The van der Waals surface area contributed by atoms with Crippen LogP contribution in [-0.2, 0) is 4.79 Å². The molecule has 1 saturated heterocycles. The van der Waals surface area contributed by atoms with Gasteiger partial charge in [0.15, 0.2) is 0 Å². The number of carboxylic acids is 1. The first-order valence-electron chi connectivity index (χ1n) is 7.56. The topological polar surface area (TPSA) is 79.7 Å². The Balaban J connectivity index is 1.81. The summed E-state index contributed by atoms with van der Waals surface area (Å²) in [6.07, 6.45) is 0.456. The molecule has 0 saturated carbocycles. The molecule has 6 nitrogen and oxygen atoms in total. The number of thiazole rings is 1. The second kappa shape index (κ2) is 6.24. The van der Waals surface area contributed by atoms with E-state index in [0.717, 1.165) is 5.56 Å². The van der Waals surface area contributed by atoms with Crippen LogP contribution in [0.3, 0.4) is 0 Å². The third kappa shape index (κ3) is 2.87. The van der Waals surface area contributed by atoms with Gasteiger partial charge in [-0.05, 0) is 25.5 Å². The number of para-hydroxylation sites is 1. The molecule has 2 heterocycles. The van der Waals surface area contributed by atoms with Gasteiger partial charge in [0.05, 0.1) is 18.1 Å². The second-order valence-corrected chi connectivity index (χ2v) is 6.94. The quantitative estimate of drug-likeness (QED) is 0.921. The minimum atomic E-state index is -0.878. The zero-order valence-electron chi connectivity index (χ0n) is 13.5. The maximum atomic E-state index is 12.6. The van der Waals surface area contributed by atoms with Gasteiger partial charge in [0.1, 0.15) is 16.5 Å². The molecule has 0 aliphatic carbocycles. The van der Waals surface area contributed by atoms with Crippen molar-refractivity contribution in [2.24, 2.45) is 5.41 Å². The molecule has 1 aliphatic heterocycles. The molecule has 0 radical (unpaired) electrons. The molecule has 2 aromatic rings. The predicted molar refractivity (Wildman–Crippen MR) is 90.4 cm³/mol. The van der Waals surface area contributed by atoms with E-state index in [2.05, 4.69) is 4.98 Å². The summed E-state index contributed by atoms with van der Waals surface area (Å²) in [4.78, 5) is 29.9. The number of methoxy groups -OCH3 is 1. The van der Waals surface area contributed by atoms with Crippen molar-refractivity contribution < 1.29 is 19.4 Å². The lowest BCUT2D eigenvalue weighted by Crippen LogP contribution is -2.35. The van der Waals surface area contributed by atoms with Crippen molar-refractivity contribution in [2.75, 3.05) is 20.2 Å². The fourth-order valence-electron chi connectivity index (χ4n) is 2.79. The van der Waals surface area contributed by atoms with Gasteiger partial charge in [-0.15, -0.1) is 11.3 Å². The molecule has 1 N–H and O–H groups in total. The summed E-state index contributed by atoms with van der Waals surface area (Å²) in [5, 5.41) is 11.7. The summed E-state index contributed by atoms with van der Waals surface area (Å²) in [5.74, 6) is -0.395. The van der Waals surface area contributed by atoms with Gasteiger partial charge < -0.3 is 14.7 Å². The first-order chi connectivity index (χ1) is 11.4. The standard InChI is InChI=1S/C17H18N2O4S/c1-17(16(21)22)7-8-19(10-17)15(20)12-9-24-14(18-12)11-5-3-4-6-13(11)23-2/h3-6,9H,7-8,10H2,1-2H3,(H,21,22)/t17-/m0/s1. The number of nitrogens with zero attached hydrogens (tertiary/aromatic N) is 2. The highest BCUT2D eigenvalue weighted by Crippen LogP contribution is 2.34. The molecule has 3 rings (SSSR count). The summed E-state index contributed by atoms with van der Waals surface area (Å²) in [6.45, 7) is 2.32. The fourth-order valence-corrected chi connectivity index (χ4v) is 3.61. The van der Waals surface area contributed by atoms with Crippen molar-refractivity contribution in [3.63, 3.8) is 0 Å². The largest absolute Gasteiger partial charge is 0.496 e. The molecule has 24 heavy (non-hydrogen) atoms.